The van der Waals surface area contributed by atoms with Gasteiger partial charge in [0.2, 0.25) is 5.91 Å². The molecule has 3 aliphatic rings. The highest BCUT2D eigenvalue weighted by Gasteiger charge is 2.38. The zero-order valence-corrected chi connectivity index (χ0v) is 19.8. The zero-order chi connectivity index (χ0) is 24.4. The minimum atomic E-state index is -0.848. The number of rotatable bonds is 7. The predicted octanol–water partition coefficient (Wildman–Crippen LogP) is 4.26. The molecule has 2 aliphatic carbocycles. The Hall–Kier alpha value is -3.35. The van der Waals surface area contributed by atoms with Crippen LogP contribution in [0.1, 0.15) is 49.1 Å². The van der Waals surface area contributed by atoms with Gasteiger partial charge in [0, 0.05) is 25.6 Å². The van der Waals surface area contributed by atoms with Crippen LogP contribution in [0.5, 0.6) is 0 Å². The number of carbonyl (C=O) groups is 3. The van der Waals surface area contributed by atoms with Gasteiger partial charge in [0.15, 0.2) is 0 Å². The molecular weight excluding hydrogens is 444 g/mol. The minimum absolute atomic E-state index is 0.0153. The second kappa shape index (κ2) is 10.1. The van der Waals surface area contributed by atoms with Crippen LogP contribution >= 0.6 is 0 Å². The van der Waals surface area contributed by atoms with Crippen LogP contribution in [0.25, 0.3) is 11.1 Å². The Morgan fingerprint density at radius 1 is 0.971 bits per heavy atom. The van der Waals surface area contributed by atoms with Gasteiger partial charge in [0.25, 0.3) is 0 Å². The first kappa shape index (κ1) is 23.4. The van der Waals surface area contributed by atoms with E-state index in [-0.39, 0.29) is 43.4 Å². The largest absolute Gasteiger partial charge is 0.481 e. The summed E-state index contributed by atoms with van der Waals surface area (Å²) in [6.45, 7) is 1.28. The van der Waals surface area contributed by atoms with Crippen LogP contribution in [0.3, 0.4) is 0 Å². The van der Waals surface area contributed by atoms with E-state index in [1.165, 1.54) is 11.1 Å². The molecule has 2 fully saturated rings. The summed E-state index contributed by atoms with van der Waals surface area (Å²) in [6.07, 6.45) is 3.77. The Balaban J connectivity index is 1.20. The number of alkyl carbamates (subject to hydrolysis) is 1. The summed E-state index contributed by atoms with van der Waals surface area (Å²) in [5.41, 5.74) is 4.66. The molecule has 2 amide bonds. The molecule has 7 nitrogen and oxygen atoms in total. The number of carbonyl (C=O) groups excluding carboxylic acids is 2. The number of likely N-dealkylation sites (tertiary alicyclic amines) is 1. The first-order valence-corrected chi connectivity index (χ1v) is 12.6. The molecule has 1 unspecified atom stereocenters. The molecule has 5 rings (SSSR count). The number of aliphatic carboxylic acids is 1. The third-order valence-electron chi connectivity index (χ3n) is 7.93. The number of hydrogen-bond acceptors (Lipinski definition) is 4. The molecule has 0 bridgehead atoms. The van der Waals surface area contributed by atoms with Crippen molar-refractivity contribution >= 4 is 18.0 Å². The lowest BCUT2D eigenvalue weighted by atomic mass is 9.75. The lowest BCUT2D eigenvalue weighted by Gasteiger charge is -2.38. The summed E-state index contributed by atoms with van der Waals surface area (Å²) < 4.78 is 5.64. The Bertz CT molecular complexity index is 1070. The number of nitrogens with zero attached hydrogens (tertiary/aromatic N) is 1. The van der Waals surface area contributed by atoms with Crippen molar-refractivity contribution in [3.05, 3.63) is 59.7 Å². The summed E-state index contributed by atoms with van der Waals surface area (Å²) >= 11 is 0. The van der Waals surface area contributed by atoms with Crippen LogP contribution < -0.4 is 5.32 Å². The van der Waals surface area contributed by atoms with E-state index in [2.05, 4.69) is 29.6 Å². The fraction of sp³-hybridized carbons (Fsp3) is 0.464. The molecule has 1 saturated heterocycles. The molecule has 184 valence electrons. The Morgan fingerprint density at radius 2 is 1.63 bits per heavy atom. The van der Waals surface area contributed by atoms with E-state index in [9.17, 15) is 19.5 Å². The lowest BCUT2D eigenvalue weighted by Crippen LogP contribution is -2.50. The molecule has 35 heavy (non-hydrogen) atoms. The van der Waals surface area contributed by atoms with Gasteiger partial charge in [-0.1, -0.05) is 55.0 Å². The first-order chi connectivity index (χ1) is 17.0. The van der Waals surface area contributed by atoms with Gasteiger partial charge in [-0.15, -0.1) is 0 Å². The smallest absolute Gasteiger partial charge is 0.407 e. The highest BCUT2D eigenvalue weighted by atomic mass is 16.5. The molecule has 1 heterocycles. The Morgan fingerprint density at radius 3 is 2.23 bits per heavy atom. The molecule has 0 spiro atoms. The number of fused-ring (bicyclic) bond motifs is 3. The number of nitrogens with one attached hydrogen (secondary N) is 1. The number of piperidine rings is 1. The van der Waals surface area contributed by atoms with Crippen LogP contribution in [0.15, 0.2) is 48.5 Å². The van der Waals surface area contributed by atoms with Crippen LogP contribution in [0.4, 0.5) is 4.79 Å². The zero-order valence-electron chi connectivity index (χ0n) is 19.8. The van der Waals surface area contributed by atoms with Crippen LogP contribution in [-0.2, 0) is 14.3 Å². The van der Waals surface area contributed by atoms with E-state index in [0.717, 1.165) is 30.4 Å². The SMILES string of the molecule is O=C(NCC(C(=O)N1CCC[C@@H](C(=O)O)C1)C1CCC1)OCC1c2ccccc2-c2ccccc21. The van der Waals surface area contributed by atoms with Gasteiger partial charge >= 0.3 is 12.1 Å². The molecule has 2 N–H and O–H groups in total. The maximum absolute atomic E-state index is 13.3. The lowest BCUT2D eigenvalue weighted by molar-refractivity contribution is -0.147. The van der Waals surface area contributed by atoms with Gasteiger partial charge in [-0.2, -0.15) is 0 Å². The molecule has 2 aromatic rings. The van der Waals surface area contributed by atoms with Crippen molar-refractivity contribution in [1.29, 1.82) is 0 Å². The molecular formula is C28H32N2O5. The third-order valence-corrected chi connectivity index (χ3v) is 7.93. The molecule has 1 aliphatic heterocycles. The van der Waals surface area contributed by atoms with Crippen molar-refractivity contribution in [3.8, 4) is 11.1 Å². The third kappa shape index (κ3) is 4.77. The summed E-state index contributed by atoms with van der Waals surface area (Å²) in [4.78, 5) is 39.1. The van der Waals surface area contributed by atoms with Gasteiger partial charge < -0.3 is 20.1 Å². The van der Waals surface area contributed by atoms with Crippen molar-refractivity contribution in [3.63, 3.8) is 0 Å². The van der Waals surface area contributed by atoms with E-state index in [1.807, 2.05) is 24.3 Å². The maximum atomic E-state index is 13.3. The van der Waals surface area contributed by atoms with E-state index >= 15 is 0 Å². The predicted molar refractivity (Wildman–Crippen MR) is 131 cm³/mol. The second-order valence-corrected chi connectivity index (χ2v) is 9.97. The van der Waals surface area contributed by atoms with Crippen molar-refractivity contribution in [1.82, 2.24) is 10.2 Å². The van der Waals surface area contributed by atoms with E-state index in [0.29, 0.717) is 19.4 Å². The first-order valence-electron chi connectivity index (χ1n) is 12.6. The molecule has 2 aromatic carbocycles. The van der Waals surface area contributed by atoms with Crippen molar-refractivity contribution < 1.29 is 24.2 Å². The van der Waals surface area contributed by atoms with Crippen LogP contribution in [0.2, 0.25) is 0 Å². The van der Waals surface area contributed by atoms with E-state index in [4.69, 9.17) is 4.74 Å². The van der Waals surface area contributed by atoms with Gasteiger partial charge in [-0.25, -0.2) is 4.79 Å². The number of hydrogen-bond donors (Lipinski definition) is 2. The summed E-state index contributed by atoms with van der Waals surface area (Å²) in [5, 5.41) is 12.2. The molecule has 0 radical (unpaired) electrons. The maximum Gasteiger partial charge on any atom is 0.407 e. The number of amides is 2. The number of ether oxygens (including phenoxy) is 1. The number of carboxylic acids is 1. The standard InChI is InChI=1S/C28H32N2O5/c31-26(30-14-6-9-19(16-30)27(32)33)24(18-7-5-8-18)15-29-28(34)35-17-25-22-12-3-1-10-20(22)21-11-2-4-13-23(21)25/h1-4,10-13,18-19,24-25H,5-9,14-17H2,(H,29,34)(H,32,33)/t19-,24?/m1/s1. The molecule has 7 heteroatoms. The van der Waals surface area contributed by atoms with Crippen molar-refractivity contribution in [2.24, 2.45) is 17.8 Å². The number of carboxylic acid groups (broad SMARTS) is 1. The second-order valence-electron chi connectivity index (χ2n) is 9.97. The highest BCUT2D eigenvalue weighted by molar-refractivity contribution is 5.82. The summed E-state index contributed by atoms with van der Waals surface area (Å²) in [5.74, 6) is -1.53. The van der Waals surface area contributed by atoms with Gasteiger partial charge in [-0.05, 0) is 53.9 Å². The average Bonchev–Trinajstić information content (AvgIpc) is 3.17. The van der Waals surface area contributed by atoms with Gasteiger partial charge in [0.05, 0.1) is 11.8 Å². The van der Waals surface area contributed by atoms with Gasteiger partial charge in [0.1, 0.15) is 6.61 Å². The van der Waals surface area contributed by atoms with E-state index < -0.39 is 18.0 Å². The minimum Gasteiger partial charge on any atom is -0.481 e. The molecule has 1 saturated carbocycles. The monoisotopic (exact) mass is 476 g/mol. The van der Waals surface area contributed by atoms with Crippen LogP contribution in [0, 0.1) is 17.8 Å². The quantitative estimate of drug-likeness (QED) is 0.622. The molecule has 2 atom stereocenters. The normalized spacial score (nSPS) is 20.3. The summed E-state index contributed by atoms with van der Waals surface area (Å²) in [7, 11) is 0. The Labute approximate surface area is 205 Å². The fourth-order valence-corrected chi connectivity index (χ4v) is 5.75. The summed E-state index contributed by atoms with van der Waals surface area (Å²) in [6, 6.07) is 16.4. The van der Waals surface area contributed by atoms with Crippen molar-refractivity contribution in [2.75, 3.05) is 26.2 Å². The van der Waals surface area contributed by atoms with Gasteiger partial charge in [-0.3, -0.25) is 9.59 Å². The van der Waals surface area contributed by atoms with Crippen LogP contribution in [-0.4, -0.2) is 54.2 Å². The van der Waals surface area contributed by atoms with E-state index in [1.54, 1.807) is 4.90 Å². The molecule has 0 aromatic heterocycles. The Kier molecular flexibility index (Phi) is 6.75. The average molecular weight is 477 g/mol. The topological polar surface area (TPSA) is 95.9 Å². The van der Waals surface area contributed by atoms with Crippen molar-refractivity contribution in [2.45, 2.75) is 38.0 Å². The number of benzene rings is 2. The highest BCUT2D eigenvalue weighted by Crippen LogP contribution is 2.44. The fourth-order valence-electron chi connectivity index (χ4n) is 5.75.